The minimum Gasteiger partial charge on any atom is -0.493 e. The van der Waals surface area contributed by atoms with Gasteiger partial charge in [-0.1, -0.05) is 54.6 Å². The number of fused-ring (bicyclic) bond motifs is 1. The first-order valence-electron chi connectivity index (χ1n) is 10.7. The van der Waals surface area contributed by atoms with Gasteiger partial charge in [0.15, 0.2) is 11.5 Å². The third-order valence-electron chi connectivity index (χ3n) is 5.33. The molecule has 0 amide bonds. The van der Waals surface area contributed by atoms with Crippen molar-refractivity contribution >= 4 is 11.0 Å². The fourth-order valence-corrected chi connectivity index (χ4v) is 3.79. The SMILES string of the molecule is C=CCc1ccc(OCCCCn2c(-c3ccccc3)nc3ccccc32)c(OC)c1. The molecule has 0 spiro atoms. The average Bonchev–Trinajstić information content (AvgIpc) is 3.19. The average molecular weight is 413 g/mol. The molecule has 1 aromatic heterocycles. The van der Waals surface area contributed by atoms with E-state index in [0.717, 1.165) is 54.2 Å². The topological polar surface area (TPSA) is 36.3 Å². The first-order valence-corrected chi connectivity index (χ1v) is 10.7. The minimum atomic E-state index is 0.643. The molecule has 31 heavy (non-hydrogen) atoms. The first-order chi connectivity index (χ1) is 15.3. The zero-order valence-electron chi connectivity index (χ0n) is 18.0. The van der Waals surface area contributed by atoms with Crippen LogP contribution in [0.15, 0.2) is 85.5 Å². The van der Waals surface area contributed by atoms with Crippen LogP contribution in [0, 0.1) is 0 Å². The lowest BCUT2D eigenvalue weighted by molar-refractivity contribution is 0.284. The Morgan fingerprint density at radius 1 is 0.935 bits per heavy atom. The van der Waals surface area contributed by atoms with E-state index in [1.165, 1.54) is 11.1 Å². The molecule has 0 aliphatic carbocycles. The van der Waals surface area contributed by atoms with Gasteiger partial charge in [-0.2, -0.15) is 0 Å². The fourth-order valence-electron chi connectivity index (χ4n) is 3.79. The van der Waals surface area contributed by atoms with Gasteiger partial charge in [-0.05, 0) is 49.1 Å². The number of para-hydroxylation sites is 2. The second kappa shape index (κ2) is 9.98. The van der Waals surface area contributed by atoms with Crippen LogP contribution in [0.5, 0.6) is 11.5 Å². The highest BCUT2D eigenvalue weighted by molar-refractivity contribution is 5.80. The number of benzene rings is 3. The second-order valence-corrected chi connectivity index (χ2v) is 7.48. The van der Waals surface area contributed by atoms with E-state index in [0.29, 0.717) is 6.61 Å². The molecule has 4 nitrogen and oxygen atoms in total. The van der Waals surface area contributed by atoms with Crippen molar-refractivity contribution < 1.29 is 9.47 Å². The second-order valence-electron chi connectivity index (χ2n) is 7.48. The van der Waals surface area contributed by atoms with Gasteiger partial charge in [-0.3, -0.25) is 0 Å². The van der Waals surface area contributed by atoms with Crippen LogP contribution in [0.25, 0.3) is 22.4 Å². The van der Waals surface area contributed by atoms with E-state index in [9.17, 15) is 0 Å². The molecule has 1 heterocycles. The number of hydrogen-bond acceptors (Lipinski definition) is 3. The number of nitrogens with zero attached hydrogens (tertiary/aromatic N) is 2. The van der Waals surface area contributed by atoms with Crippen LogP contribution < -0.4 is 9.47 Å². The lowest BCUT2D eigenvalue weighted by atomic mass is 10.1. The predicted molar refractivity (Wildman–Crippen MR) is 127 cm³/mol. The Morgan fingerprint density at radius 3 is 2.55 bits per heavy atom. The molecule has 0 saturated heterocycles. The molecule has 0 aliphatic rings. The molecular formula is C27H28N2O2. The highest BCUT2D eigenvalue weighted by Crippen LogP contribution is 2.29. The first kappa shape index (κ1) is 20.7. The lowest BCUT2D eigenvalue weighted by Gasteiger charge is -2.13. The summed E-state index contributed by atoms with van der Waals surface area (Å²) in [7, 11) is 1.68. The Balaban J connectivity index is 1.41. The van der Waals surface area contributed by atoms with Gasteiger partial charge >= 0.3 is 0 Å². The number of allylic oxidation sites excluding steroid dienone is 1. The normalized spacial score (nSPS) is 10.9. The summed E-state index contributed by atoms with van der Waals surface area (Å²) in [6.07, 6.45) is 4.65. The van der Waals surface area contributed by atoms with Crippen LogP contribution in [0.3, 0.4) is 0 Å². The number of unbranched alkanes of at least 4 members (excludes halogenated alkanes) is 1. The third-order valence-corrected chi connectivity index (χ3v) is 5.33. The summed E-state index contributed by atoms with van der Waals surface area (Å²) in [6, 6.07) is 24.7. The van der Waals surface area contributed by atoms with Crippen LogP contribution in [0.1, 0.15) is 18.4 Å². The number of imidazole rings is 1. The van der Waals surface area contributed by atoms with E-state index in [1.54, 1.807) is 7.11 Å². The zero-order valence-corrected chi connectivity index (χ0v) is 18.0. The predicted octanol–water partition coefficient (Wildman–Crippen LogP) is 6.30. The Bertz CT molecular complexity index is 1150. The maximum Gasteiger partial charge on any atom is 0.161 e. The number of aromatic nitrogens is 2. The summed E-state index contributed by atoms with van der Waals surface area (Å²) in [4.78, 5) is 4.88. The van der Waals surface area contributed by atoms with Crippen molar-refractivity contribution in [1.29, 1.82) is 0 Å². The highest BCUT2D eigenvalue weighted by atomic mass is 16.5. The van der Waals surface area contributed by atoms with E-state index in [-0.39, 0.29) is 0 Å². The van der Waals surface area contributed by atoms with Gasteiger partial charge in [0.05, 0.1) is 24.8 Å². The molecule has 4 aromatic rings. The lowest BCUT2D eigenvalue weighted by Crippen LogP contribution is -2.04. The Kier molecular flexibility index (Phi) is 6.68. The third kappa shape index (κ3) is 4.80. The summed E-state index contributed by atoms with van der Waals surface area (Å²) < 4.78 is 13.8. The van der Waals surface area contributed by atoms with Gasteiger partial charge in [0, 0.05) is 12.1 Å². The Labute approximate surface area is 183 Å². The van der Waals surface area contributed by atoms with Gasteiger partial charge in [-0.25, -0.2) is 4.98 Å². The molecule has 3 aromatic carbocycles. The van der Waals surface area contributed by atoms with Crippen LogP contribution in [0.4, 0.5) is 0 Å². The Hall–Kier alpha value is -3.53. The maximum atomic E-state index is 6.01. The fraction of sp³-hybridized carbons (Fsp3) is 0.222. The molecule has 0 bridgehead atoms. The summed E-state index contributed by atoms with van der Waals surface area (Å²) in [5.74, 6) is 2.57. The summed E-state index contributed by atoms with van der Waals surface area (Å²) in [5, 5.41) is 0. The maximum absolute atomic E-state index is 6.01. The molecule has 0 radical (unpaired) electrons. The van der Waals surface area contributed by atoms with Crippen molar-refractivity contribution in [3.05, 3.63) is 91.0 Å². The number of ether oxygens (including phenoxy) is 2. The highest BCUT2D eigenvalue weighted by Gasteiger charge is 2.12. The zero-order chi connectivity index (χ0) is 21.5. The monoisotopic (exact) mass is 412 g/mol. The van der Waals surface area contributed by atoms with Crippen LogP contribution in [-0.2, 0) is 13.0 Å². The van der Waals surface area contributed by atoms with Gasteiger partial charge < -0.3 is 14.0 Å². The van der Waals surface area contributed by atoms with E-state index < -0.39 is 0 Å². The molecule has 0 atom stereocenters. The smallest absolute Gasteiger partial charge is 0.161 e. The largest absolute Gasteiger partial charge is 0.493 e. The quantitative estimate of drug-likeness (QED) is 0.226. The van der Waals surface area contributed by atoms with Gasteiger partial charge in [-0.15, -0.1) is 6.58 Å². The van der Waals surface area contributed by atoms with Crippen molar-refractivity contribution in [2.24, 2.45) is 0 Å². The molecular weight excluding hydrogens is 384 g/mol. The standard InChI is InChI=1S/C27H28N2O2/c1-3-11-21-16-17-25(26(20-21)30-2)31-19-10-9-18-29-24-15-8-7-14-23(24)28-27(29)22-12-5-4-6-13-22/h3-8,12-17,20H,1,9-11,18-19H2,2H3. The minimum absolute atomic E-state index is 0.643. The molecule has 4 rings (SSSR count). The van der Waals surface area contributed by atoms with Crippen molar-refractivity contribution in [1.82, 2.24) is 9.55 Å². The Morgan fingerprint density at radius 2 is 1.74 bits per heavy atom. The summed E-state index contributed by atoms with van der Waals surface area (Å²) in [6.45, 7) is 5.33. The summed E-state index contributed by atoms with van der Waals surface area (Å²) >= 11 is 0. The molecule has 0 unspecified atom stereocenters. The number of methoxy groups -OCH3 is 1. The number of aryl methyl sites for hydroxylation is 1. The van der Waals surface area contributed by atoms with E-state index in [4.69, 9.17) is 14.5 Å². The van der Waals surface area contributed by atoms with Crippen molar-refractivity contribution in [2.45, 2.75) is 25.8 Å². The summed E-state index contributed by atoms with van der Waals surface area (Å²) in [5.41, 5.74) is 4.50. The van der Waals surface area contributed by atoms with Crippen molar-refractivity contribution in [3.63, 3.8) is 0 Å². The molecule has 0 saturated carbocycles. The van der Waals surface area contributed by atoms with Gasteiger partial charge in [0.1, 0.15) is 5.82 Å². The molecule has 0 N–H and O–H groups in total. The van der Waals surface area contributed by atoms with Crippen LogP contribution >= 0.6 is 0 Å². The van der Waals surface area contributed by atoms with E-state index in [2.05, 4.69) is 59.7 Å². The van der Waals surface area contributed by atoms with Crippen LogP contribution in [0.2, 0.25) is 0 Å². The molecule has 158 valence electrons. The van der Waals surface area contributed by atoms with Gasteiger partial charge in [0.2, 0.25) is 0 Å². The van der Waals surface area contributed by atoms with Crippen molar-refractivity contribution in [2.75, 3.05) is 13.7 Å². The molecule has 4 heteroatoms. The van der Waals surface area contributed by atoms with Crippen molar-refractivity contribution in [3.8, 4) is 22.9 Å². The van der Waals surface area contributed by atoms with E-state index >= 15 is 0 Å². The van der Waals surface area contributed by atoms with E-state index in [1.807, 2.05) is 30.3 Å². The number of rotatable bonds is 10. The number of hydrogen-bond donors (Lipinski definition) is 0. The van der Waals surface area contributed by atoms with Crippen LogP contribution in [-0.4, -0.2) is 23.3 Å². The molecule has 0 aliphatic heterocycles. The van der Waals surface area contributed by atoms with Gasteiger partial charge in [0.25, 0.3) is 0 Å². The molecule has 0 fully saturated rings.